The lowest BCUT2D eigenvalue weighted by Crippen LogP contribution is -2.45. The van der Waals surface area contributed by atoms with E-state index in [-0.39, 0.29) is 11.6 Å². The van der Waals surface area contributed by atoms with Gasteiger partial charge in [-0.2, -0.15) is 0 Å². The van der Waals surface area contributed by atoms with Gasteiger partial charge in [0.15, 0.2) is 11.4 Å². The number of furan rings is 1. The first-order chi connectivity index (χ1) is 9.56. The van der Waals surface area contributed by atoms with Crippen LogP contribution in [0.1, 0.15) is 19.1 Å². The largest absolute Gasteiger partial charge is 0.455 e. The predicted molar refractivity (Wildman–Crippen MR) is 73.0 cm³/mol. The Bertz CT molecular complexity index is 602. The molecule has 2 unspecified atom stereocenters. The number of aliphatic hydroxyl groups is 1. The Hall–Kier alpha value is -1.43. The number of para-hydroxylation sites is 1. The lowest BCUT2D eigenvalue weighted by molar-refractivity contribution is -0.00965. The van der Waals surface area contributed by atoms with Crippen molar-refractivity contribution in [2.45, 2.75) is 25.0 Å². The number of hydrogen-bond donors (Lipinski definition) is 2. The molecule has 0 bridgehead atoms. The first kappa shape index (κ1) is 13.5. The second kappa shape index (κ2) is 5.16. The van der Waals surface area contributed by atoms with Gasteiger partial charge >= 0.3 is 0 Å². The molecule has 0 aliphatic carbocycles. The Balaban J connectivity index is 1.86. The summed E-state index contributed by atoms with van der Waals surface area (Å²) < 4.78 is 24.5. The van der Waals surface area contributed by atoms with Gasteiger partial charge in [-0.1, -0.05) is 12.1 Å². The number of hydrogen-bond acceptors (Lipinski definition) is 4. The number of ether oxygens (including phenoxy) is 1. The zero-order valence-electron chi connectivity index (χ0n) is 11.4. The van der Waals surface area contributed by atoms with Crippen molar-refractivity contribution in [3.63, 3.8) is 0 Å². The second-order valence-electron chi connectivity index (χ2n) is 5.47. The standard InChI is InChI=1S/C15H18FNO3/c1-15(18,8-11-9-19-6-5-17-11)13-7-10-3-2-4-12(16)14(10)20-13/h2-4,7,11,17-18H,5-6,8-9H2,1H3. The second-order valence-corrected chi connectivity index (χ2v) is 5.47. The summed E-state index contributed by atoms with van der Waals surface area (Å²) in [5.41, 5.74) is -0.972. The first-order valence-electron chi connectivity index (χ1n) is 6.78. The van der Waals surface area contributed by atoms with Crippen molar-refractivity contribution >= 4 is 11.0 Å². The van der Waals surface area contributed by atoms with Crippen LogP contribution in [0, 0.1) is 5.82 Å². The zero-order chi connectivity index (χ0) is 14.2. The fourth-order valence-electron chi connectivity index (χ4n) is 2.62. The van der Waals surface area contributed by atoms with Gasteiger partial charge < -0.3 is 19.6 Å². The molecule has 1 aromatic carbocycles. The van der Waals surface area contributed by atoms with E-state index in [1.165, 1.54) is 6.07 Å². The molecule has 0 radical (unpaired) electrons. The molecule has 0 spiro atoms. The molecule has 1 saturated heterocycles. The van der Waals surface area contributed by atoms with Gasteiger partial charge in [-0.05, 0) is 19.1 Å². The minimum absolute atomic E-state index is 0.0665. The maximum atomic E-state index is 13.6. The molecule has 3 rings (SSSR count). The van der Waals surface area contributed by atoms with Gasteiger partial charge in [-0.15, -0.1) is 0 Å². The van der Waals surface area contributed by atoms with E-state index >= 15 is 0 Å². The quantitative estimate of drug-likeness (QED) is 0.904. The minimum atomic E-state index is -1.16. The third-order valence-electron chi connectivity index (χ3n) is 3.67. The Morgan fingerprint density at radius 2 is 2.35 bits per heavy atom. The van der Waals surface area contributed by atoms with Crippen LogP contribution in [-0.4, -0.2) is 30.9 Å². The highest BCUT2D eigenvalue weighted by Gasteiger charge is 2.32. The molecule has 2 heterocycles. The summed E-state index contributed by atoms with van der Waals surface area (Å²) >= 11 is 0. The van der Waals surface area contributed by atoms with Gasteiger partial charge in [0.2, 0.25) is 0 Å². The highest BCUT2D eigenvalue weighted by Crippen LogP contribution is 2.32. The third-order valence-corrected chi connectivity index (χ3v) is 3.67. The maximum absolute atomic E-state index is 13.6. The Labute approximate surface area is 116 Å². The summed E-state index contributed by atoms with van der Waals surface area (Å²) in [6, 6.07) is 6.51. The number of fused-ring (bicyclic) bond motifs is 1. The van der Waals surface area contributed by atoms with E-state index in [1.54, 1.807) is 25.1 Å². The van der Waals surface area contributed by atoms with E-state index in [4.69, 9.17) is 9.15 Å². The van der Waals surface area contributed by atoms with Gasteiger partial charge in [-0.25, -0.2) is 4.39 Å². The molecule has 1 aromatic heterocycles. The number of halogens is 1. The van der Waals surface area contributed by atoms with Crippen LogP contribution in [0.3, 0.4) is 0 Å². The summed E-state index contributed by atoms with van der Waals surface area (Å²) in [7, 11) is 0. The zero-order valence-corrected chi connectivity index (χ0v) is 11.4. The molecule has 108 valence electrons. The Kier molecular flexibility index (Phi) is 3.50. The Morgan fingerprint density at radius 3 is 3.05 bits per heavy atom. The summed E-state index contributed by atoms with van der Waals surface area (Å²) in [5.74, 6) is -0.0337. The van der Waals surface area contributed by atoms with Gasteiger partial charge in [0.1, 0.15) is 11.4 Å². The minimum Gasteiger partial charge on any atom is -0.455 e. The topological polar surface area (TPSA) is 54.6 Å². The fourth-order valence-corrected chi connectivity index (χ4v) is 2.62. The molecule has 1 aliphatic rings. The summed E-state index contributed by atoms with van der Waals surface area (Å²) in [6.07, 6.45) is 0.453. The van der Waals surface area contributed by atoms with E-state index in [0.29, 0.717) is 30.8 Å². The fraction of sp³-hybridized carbons (Fsp3) is 0.467. The average molecular weight is 279 g/mol. The van der Waals surface area contributed by atoms with Gasteiger partial charge in [0.05, 0.1) is 13.2 Å². The van der Waals surface area contributed by atoms with Crippen LogP contribution in [0.2, 0.25) is 0 Å². The van der Waals surface area contributed by atoms with Crippen molar-refractivity contribution in [2.24, 2.45) is 0 Å². The van der Waals surface area contributed by atoms with Crippen LogP contribution in [-0.2, 0) is 10.3 Å². The molecule has 2 atom stereocenters. The number of rotatable bonds is 3. The third kappa shape index (κ3) is 2.57. The van der Waals surface area contributed by atoms with Gasteiger partial charge in [0.25, 0.3) is 0 Å². The summed E-state index contributed by atoms with van der Waals surface area (Å²) in [4.78, 5) is 0. The lowest BCUT2D eigenvalue weighted by Gasteiger charge is -2.30. The highest BCUT2D eigenvalue weighted by molar-refractivity contribution is 5.78. The van der Waals surface area contributed by atoms with Crippen LogP contribution in [0.5, 0.6) is 0 Å². The molecule has 0 amide bonds. The summed E-state index contributed by atoms with van der Waals surface area (Å²) in [6.45, 7) is 3.70. The van der Waals surface area contributed by atoms with Gasteiger partial charge in [-0.3, -0.25) is 0 Å². The molecule has 5 heteroatoms. The lowest BCUT2D eigenvalue weighted by atomic mass is 9.94. The molecule has 2 aromatic rings. The van der Waals surface area contributed by atoms with Crippen LogP contribution in [0.15, 0.2) is 28.7 Å². The van der Waals surface area contributed by atoms with Crippen LogP contribution in [0.25, 0.3) is 11.0 Å². The average Bonchev–Trinajstić information content (AvgIpc) is 2.86. The van der Waals surface area contributed by atoms with Crippen LogP contribution < -0.4 is 5.32 Å². The molecule has 20 heavy (non-hydrogen) atoms. The van der Waals surface area contributed by atoms with Crippen molar-refractivity contribution in [3.05, 3.63) is 35.8 Å². The van der Waals surface area contributed by atoms with E-state index in [9.17, 15) is 9.50 Å². The molecule has 0 saturated carbocycles. The van der Waals surface area contributed by atoms with Crippen molar-refractivity contribution in [2.75, 3.05) is 19.8 Å². The molecule has 1 fully saturated rings. The van der Waals surface area contributed by atoms with Gasteiger partial charge in [0, 0.05) is 24.4 Å². The highest BCUT2D eigenvalue weighted by atomic mass is 19.1. The van der Waals surface area contributed by atoms with E-state index < -0.39 is 11.4 Å². The van der Waals surface area contributed by atoms with E-state index in [2.05, 4.69) is 5.32 Å². The van der Waals surface area contributed by atoms with Crippen molar-refractivity contribution in [3.8, 4) is 0 Å². The van der Waals surface area contributed by atoms with Crippen molar-refractivity contribution in [1.29, 1.82) is 0 Å². The van der Waals surface area contributed by atoms with E-state index in [0.717, 1.165) is 6.54 Å². The van der Waals surface area contributed by atoms with Crippen LogP contribution in [0.4, 0.5) is 4.39 Å². The smallest absolute Gasteiger partial charge is 0.170 e. The van der Waals surface area contributed by atoms with Crippen molar-refractivity contribution < 1.29 is 18.7 Å². The molecule has 1 aliphatic heterocycles. The van der Waals surface area contributed by atoms with Crippen molar-refractivity contribution in [1.82, 2.24) is 5.32 Å². The van der Waals surface area contributed by atoms with E-state index in [1.807, 2.05) is 0 Å². The monoisotopic (exact) mass is 279 g/mol. The Morgan fingerprint density at radius 1 is 1.50 bits per heavy atom. The molecular formula is C15H18FNO3. The number of nitrogens with one attached hydrogen (secondary N) is 1. The SMILES string of the molecule is CC(O)(CC1COCCN1)c1cc2cccc(F)c2o1. The molecule has 4 nitrogen and oxygen atoms in total. The normalized spacial score (nSPS) is 22.9. The predicted octanol–water partition coefficient (Wildman–Crippen LogP) is 2.16. The first-order valence-corrected chi connectivity index (χ1v) is 6.78. The number of morpholine rings is 1. The number of benzene rings is 1. The molecule has 2 N–H and O–H groups in total. The maximum Gasteiger partial charge on any atom is 0.170 e. The summed E-state index contributed by atoms with van der Waals surface area (Å²) in [5, 5.41) is 14.6. The molecular weight excluding hydrogens is 261 g/mol. The van der Waals surface area contributed by atoms with Crippen LogP contribution >= 0.6 is 0 Å².